The molecule has 3 fully saturated rings. The van der Waals surface area contributed by atoms with Crippen molar-refractivity contribution in [2.45, 2.75) is 31.8 Å². The first-order chi connectivity index (χ1) is 11.8. The number of hydrogen-bond donors (Lipinski definition) is 0. The smallest absolute Gasteiger partial charge is 0.251 e. The zero-order valence-electron chi connectivity index (χ0n) is 14.0. The maximum absolute atomic E-state index is 12.8. The standard InChI is InChI=1S/C17H25N3O3S/c21-15(14-3-1-8-23-14)19-6-2-4-17(11-19)12-20(7-9-22-13-17)16-18-5-10-24-16/h5,10,14H,1-4,6-9,11-13H2/t14-,17-/m1/s1. The molecule has 4 heterocycles. The number of aromatic nitrogens is 1. The van der Waals surface area contributed by atoms with Crippen LogP contribution in [0.3, 0.4) is 0 Å². The van der Waals surface area contributed by atoms with Gasteiger partial charge in [-0.25, -0.2) is 4.98 Å². The molecular weight excluding hydrogens is 326 g/mol. The van der Waals surface area contributed by atoms with Crippen molar-refractivity contribution in [2.75, 3.05) is 50.9 Å². The highest BCUT2D eigenvalue weighted by atomic mass is 32.1. The summed E-state index contributed by atoms with van der Waals surface area (Å²) in [5.41, 5.74) is 0.00862. The summed E-state index contributed by atoms with van der Waals surface area (Å²) in [6.45, 7) is 5.57. The summed E-state index contributed by atoms with van der Waals surface area (Å²) in [6.07, 6.45) is 5.63. The monoisotopic (exact) mass is 351 g/mol. The Morgan fingerprint density at radius 3 is 3.04 bits per heavy atom. The predicted molar refractivity (Wildman–Crippen MR) is 92.4 cm³/mol. The molecule has 24 heavy (non-hydrogen) atoms. The molecular formula is C17H25N3O3S. The number of anilines is 1. The second kappa shape index (κ2) is 6.98. The Kier molecular flexibility index (Phi) is 4.74. The topological polar surface area (TPSA) is 54.9 Å². The van der Waals surface area contributed by atoms with Gasteiger partial charge in [-0.1, -0.05) is 0 Å². The van der Waals surface area contributed by atoms with Crippen LogP contribution in [0.2, 0.25) is 0 Å². The van der Waals surface area contributed by atoms with Gasteiger partial charge in [0.15, 0.2) is 5.13 Å². The number of rotatable bonds is 2. The molecule has 1 spiro atoms. The molecule has 1 aromatic rings. The van der Waals surface area contributed by atoms with E-state index in [1.807, 2.05) is 16.5 Å². The fourth-order valence-electron chi connectivity index (χ4n) is 4.15. The van der Waals surface area contributed by atoms with Crippen LogP contribution in [-0.2, 0) is 14.3 Å². The molecule has 0 aromatic carbocycles. The van der Waals surface area contributed by atoms with Crippen molar-refractivity contribution in [3.05, 3.63) is 11.6 Å². The molecule has 0 N–H and O–H groups in total. The first-order valence-corrected chi connectivity index (χ1v) is 9.76. The maximum Gasteiger partial charge on any atom is 0.251 e. The highest BCUT2D eigenvalue weighted by Crippen LogP contribution is 2.35. The average molecular weight is 351 g/mol. The number of likely N-dealkylation sites (tertiary alicyclic amines) is 1. The van der Waals surface area contributed by atoms with Crippen molar-refractivity contribution in [1.82, 2.24) is 9.88 Å². The van der Waals surface area contributed by atoms with Gasteiger partial charge in [0.2, 0.25) is 0 Å². The van der Waals surface area contributed by atoms with Crippen LogP contribution in [0.4, 0.5) is 5.13 Å². The van der Waals surface area contributed by atoms with Crippen LogP contribution < -0.4 is 4.90 Å². The van der Waals surface area contributed by atoms with Crippen molar-refractivity contribution in [3.8, 4) is 0 Å². The first kappa shape index (κ1) is 16.3. The van der Waals surface area contributed by atoms with Crippen molar-refractivity contribution in [1.29, 1.82) is 0 Å². The summed E-state index contributed by atoms with van der Waals surface area (Å²) < 4.78 is 11.5. The largest absolute Gasteiger partial charge is 0.379 e. The van der Waals surface area contributed by atoms with Crippen LogP contribution in [0, 0.1) is 5.41 Å². The Balaban J connectivity index is 1.48. The summed E-state index contributed by atoms with van der Waals surface area (Å²) in [6, 6.07) is 0. The molecule has 0 aliphatic carbocycles. The number of amides is 1. The summed E-state index contributed by atoms with van der Waals surface area (Å²) >= 11 is 1.67. The normalized spacial score (nSPS) is 31.4. The van der Waals surface area contributed by atoms with Gasteiger partial charge in [-0.3, -0.25) is 4.79 Å². The number of thiazole rings is 1. The Bertz CT molecular complexity index is 561. The van der Waals surface area contributed by atoms with E-state index in [-0.39, 0.29) is 17.4 Å². The number of ether oxygens (including phenoxy) is 2. The summed E-state index contributed by atoms with van der Waals surface area (Å²) in [5, 5.41) is 3.07. The summed E-state index contributed by atoms with van der Waals surface area (Å²) in [5.74, 6) is 0.177. The third-order valence-electron chi connectivity index (χ3n) is 5.31. The van der Waals surface area contributed by atoms with Crippen LogP contribution >= 0.6 is 11.3 Å². The zero-order chi connectivity index (χ0) is 16.4. The number of hydrogen-bond acceptors (Lipinski definition) is 6. The molecule has 7 heteroatoms. The lowest BCUT2D eigenvalue weighted by Crippen LogP contribution is -2.54. The number of carbonyl (C=O) groups is 1. The molecule has 3 aliphatic rings. The second-order valence-corrected chi connectivity index (χ2v) is 8.03. The van der Waals surface area contributed by atoms with Gasteiger partial charge >= 0.3 is 0 Å². The van der Waals surface area contributed by atoms with Crippen molar-refractivity contribution >= 4 is 22.4 Å². The second-order valence-electron chi connectivity index (χ2n) is 7.15. The van der Waals surface area contributed by atoms with E-state index in [1.54, 1.807) is 11.3 Å². The lowest BCUT2D eigenvalue weighted by molar-refractivity contribution is -0.145. The lowest BCUT2D eigenvalue weighted by atomic mass is 9.80. The molecule has 132 valence electrons. The van der Waals surface area contributed by atoms with Crippen LogP contribution in [0.5, 0.6) is 0 Å². The summed E-state index contributed by atoms with van der Waals surface area (Å²) in [7, 11) is 0. The number of piperidine rings is 1. The fourth-order valence-corrected chi connectivity index (χ4v) is 4.82. The van der Waals surface area contributed by atoms with E-state index in [2.05, 4.69) is 9.88 Å². The van der Waals surface area contributed by atoms with Crippen molar-refractivity contribution in [3.63, 3.8) is 0 Å². The molecule has 0 bridgehead atoms. The Morgan fingerprint density at radius 1 is 1.29 bits per heavy atom. The minimum Gasteiger partial charge on any atom is -0.379 e. The number of carbonyl (C=O) groups excluding carboxylic acids is 1. The highest BCUT2D eigenvalue weighted by molar-refractivity contribution is 7.13. The lowest BCUT2D eigenvalue weighted by Gasteiger charge is -2.44. The number of nitrogens with zero attached hydrogens (tertiary/aromatic N) is 3. The van der Waals surface area contributed by atoms with Gasteiger partial charge in [0.05, 0.1) is 13.2 Å². The van der Waals surface area contributed by atoms with Crippen molar-refractivity contribution in [2.24, 2.45) is 5.41 Å². The van der Waals surface area contributed by atoms with Crippen LogP contribution in [0.25, 0.3) is 0 Å². The van der Waals surface area contributed by atoms with Crippen LogP contribution in [-0.4, -0.2) is 67.9 Å². The van der Waals surface area contributed by atoms with E-state index in [1.165, 1.54) is 0 Å². The van der Waals surface area contributed by atoms with E-state index >= 15 is 0 Å². The minimum atomic E-state index is -0.220. The van der Waals surface area contributed by atoms with Gasteiger partial charge in [-0.2, -0.15) is 0 Å². The third-order valence-corrected chi connectivity index (χ3v) is 6.14. The van der Waals surface area contributed by atoms with E-state index in [0.717, 1.165) is 76.8 Å². The quantitative estimate of drug-likeness (QED) is 0.813. The molecule has 0 radical (unpaired) electrons. The average Bonchev–Trinajstić information content (AvgIpc) is 3.28. The van der Waals surface area contributed by atoms with E-state index in [4.69, 9.17) is 9.47 Å². The third kappa shape index (κ3) is 3.30. The van der Waals surface area contributed by atoms with Crippen molar-refractivity contribution < 1.29 is 14.3 Å². The molecule has 0 saturated carbocycles. The first-order valence-electron chi connectivity index (χ1n) is 8.88. The summed E-state index contributed by atoms with van der Waals surface area (Å²) in [4.78, 5) is 21.6. The highest BCUT2D eigenvalue weighted by Gasteiger charge is 2.42. The van der Waals surface area contributed by atoms with Crippen LogP contribution in [0.15, 0.2) is 11.6 Å². The predicted octanol–water partition coefficient (Wildman–Crippen LogP) is 1.77. The molecule has 2 atom stereocenters. The van der Waals surface area contributed by atoms with Crippen LogP contribution in [0.1, 0.15) is 25.7 Å². The molecule has 4 rings (SSSR count). The molecule has 1 amide bonds. The SMILES string of the molecule is O=C([C@H]1CCCO1)N1CCC[C@@]2(COCCN(c3nccs3)C2)C1. The molecule has 3 saturated heterocycles. The van der Waals surface area contributed by atoms with E-state index < -0.39 is 0 Å². The molecule has 6 nitrogen and oxygen atoms in total. The Hall–Kier alpha value is -1.18. The van der Waals surface area contributed by atoms with Gasteiger partial charge in [0, 0.05) is 49.8 Å². The van der Waals surface area contributed by atoms with Gasteiger partial charge < -0.3 is 19.3 Å². The minimum absolute atomic E-state index is 0.00862. The van der Waals surface area contributed by atoms with Gasteiger partial charge in [0.25, 0.3) is 5.91 Å². The molecule has 0 unspecified atom stereocenters. The van der Waals surface area contributed by atoms with E-state index in [0.29, 0.717) is 0 Å². The Morgan fingerprint density at radius 2 is 2.25 bits per heavy atom. The van der Waals surface area contributed by atoms with Gasteiger partial charge in [-0.15, -0.1) is 11.3 Å². The molecule has 3 aliphatic heterocycles. The fraction of sp³-hybridized carbons (Fsp3) is 0.765. The van der Waals surface area contributed by atoms with Gasteiger partial charge in [-0.05, 0) is 25.7 Å². The molecule has 1 aromatic heterocycles. The van der Waals surface area contributed by atoms with E-state index in [9.17, 15) is 4.79 Å². The van der Waals surface area contributed by atoms with Gasteiger partial charge in [0.1, 0.15) is 6.10 Å². The maximum atomic E-state index is 12.8. The zero-order valence-corrected chi connectivity index (χ0v) is 14.8. The Labute approximate surface area is 146 Å².